The number of nitrogens with one attached hydrogen (secondary N) is 3. The van der Waals surface area contributed by atoms with Gasteiger partial charge in [0.25, 0.3) is 0 Å². The Morgan fingerprint density at radius 2 is 2.07 bits per heavy atom. The molecule has 1 heterocycles. The van der Waals surface area contributed by atoms with Crippen molar-refractivity contribution in [2.45, 2.75) is 41.5 Å². The molecular formula is C20H28N3O4S2+. The van der Waals surface area contributed by atoms with Crippen LogP contribution in [-0.4, -0.2) is 55.9 Å². The molecule has 9 heteroatoms. The molecule has 2 aliphatic rings. The summed E-state index contributed by atoms with van der Waals surface area (Å²) < 4.78 is 10.2. The van der Waals surface area contributed by atoms with Crippen LogP contribution in [0.25, 0.3) is 0 Å². The Balaban J connectivity index is 1.68. The van der Waals surface area contributed by atoms with E-state index in [1.807, 2.05) is 49.2 Å². The van der Waals surface area contributed by atoms with Crippen molar-refractivity contribution < 1.29 is 24.3 Å². The van der Waals surface area contributed by atoms with Crippen LogP contribution >= 0.6 is 23.5 Å². The van der Waals surface area contributed by atoms with Gasteiger partial charge in [-0.3, -0.25) is 9.63 Å². The van der Waals surface area contributed by atoms with Gasteiger partial charge in [-0.2, -0.15) is 0 Å². The summed E-state index contributed by atoms with van der Waals surface area (Å²) in [5.41, 5.74) is 0.865. The smallest absolute Gasteiger partial charge is 0.323 e. The van der Waals surface area contributed by atoms with E-state index in [-0.39, 0.29) is 17.5 Å². The molecule has 0 radical (unpaired) electrons. The molecule has 1 aliphatic heterocycles. The fourth-order valence-electron chi connectivity index (χ4n) is 2.61. The number of thioether (sulfide) groups is 2. The van der Waals surface area contributed by atoms with Crippen molar-refractivity contribution in [2.75, 3.05) is 27.4 Å². The van der Waals surface area contributed by atoms with Gasteiger partial charge in [-0.25, -0.2) is 0 Å². The third kappa shape index (κ3) is 6.95. The zero-order chi connectivity index (χ0) is 20.6. The fraction of sp³-hybridized carbons (Fsp3) is 0.500. The van der Waals surface area contributed by atoms with Crippen LogP contribution in [0.15, 0.2) is 40.3 Å². The van der Waals surface area contributed by atoms with Gasteiger partial charge >= 0.3 is 11.6 Å². The highest BCUT2D eigenvalue weighted by molar-refractivity contribution is 8.03. The van der Waals surface area contributed by atoms with Crippen LogP contribution in [0.3, 0.4) is 0 Å². The summed E-state index contributed by atoms with van der Waals surface area (Å²) in [6.45, 7) is 2.80. The molecular weight excluding hydrogens is 410 g/mol. The molecule has 1 unspecified atom stereocenters. The van der Waals surface area contributed by atoms with E-state index in [1.165, 1.54) is 29.5 Å². The molecule has 0 saturated heterocycles. The Morgan fingerprint density at radius 3 is 2.72 bits per heavy atom. The monoisotopic (exact) mass is 438 g/mol. The van der Waals surface area contributed by atoms with Gasteiger partial charge in [0.2, 0.25) is 0 Å². The Labute approximate surface area is 180 Å². The molecule has 1 aromatic rings. The Morgan fingerprint density at radius 1 is 1.31 bits per heavy atom. The molecule has 0 aromatic heterocycles. The number of carbonyl (C=O) groups excluding carboxylic acids is 1. The first-order valence-corrected chi connectivity index (χ1v) is 11.3. The number of benzene rings is 1. The van der Waals surface area contributed by atoms with Gasteiger partial charge in [-0.1, -0.05) is 11.8 Å². The van der Waals surface area contributed by atoms with Crippen molar-refractivity contribution in [3.8, 4) is 0 Å². The van der Waals surface area contributed by atoms with Crippen LogP contribution in [0.2, 0.25) is 0 Å². The van der Waals surface area contributed by atoms with E-state index in [0.29, 0.717) is 18.9 Å². The number of rotatable bonds is 11. The van der Waals surface area contributed by atoms with Gasteiger partial charge in [0.05, 0.1) is 18.8 Å². The van der Waals surface area contributed by atoms with E-state index < -0.39 is 0 Å². The Hall–Kier alpha value is -1.68. The molecule has 158 valence electrons. The summed E-state index contributed by atoms with van der Waals surface area (Å²) in [4.78, 5) is 20.8. The maximum atomic E-state index is 13.0. The maximum Gasteiger partial charge on any atom is 0.323 e. The van der Waals surface area contributed by atoms with Gasteiger partial charge in [-0.05, 0) is 49.2 Å². The highest BCUT2D eigenvalue weighted by atomic mass is 32.2. The van der Waals surface area contributed by atoms with E-state index in [0.717, 1.165) is 15.7 Å². The van der Waals surface area contributed by atoms with Gasteiger partial charge in [0.1, 0.15) is 0 Å². The van der Waals surface area contributed by atoms with Crippen molar-refractivity contribution in [1.29, 1.82) is 0 Å². The van der Waals surface area contributed by atoms with E-state index in [4.69, 9.17) is 14.3 Å². The van der Waals surface area contributed by atoms with Crippen molar-refractivity contribution in [1.82, 2.24) is 10.6 Å². The third-order valence-electron chi connectivity index (χ3n) is 4.17. The molecule has 1 aliphatic carbocycles. The lowest BCUT2D eigenvalue weighted by Crippen LogP contribution is -2.76. The molecule has 29 heavy (non-hydrogen) atoms. The number of ether oxygens (including phenoxy) is 2. The van der Waals surface area contributed by atoms with Crippen LogP contribution in [0.4, 0.5) is 0 Å². The van der Waals surface area contributed by atoms with E-state index in [2.05, 4.69) is 15.8 Å². The van der Waals surface area contributed by atoms with Crippen molar-refractivity contribution in [3.05, 3.63) is 40.9 Å². The summed E-state index contributed by atoms with van der Waals surface area (Å²) in [5, 5.41) is 9.68. The minimum atomic E-state index is -0.259. The minimum Gasteiger partial charge on any atom is -0.381 e. The van der Waals surface area contributed by atoms with Crippen LogP contribution in [0.5, 0.6) is 0 Å². The molecule has 3 rings (SSSR count). The highest BCUT2D eigenvalue weighted by Crippen LogP contribution is 2.39. The molecule has 0 spiro atoms. The molecule has 3 N–H and O–H groups in total. The van der Waals surface area contributed by atoms with Gasteiger partial charge in [-0.15, -0.1) is 11.8 Å². The summed E-state index contributed by atoms with van der Waals surface area (Å²) in [6, 6.07) is 7.99. The molecule has 0 bridgehead atoms. The standard InChI is InChI=1S/C20H27N3O4S2/c1-13(11-25-2)27-23-18(14-4-6-15(7-5-14)28-16-8-9-16)19(24)22-20-21-10-17(29-20)12-26-3/h4-7,10,13,16,20-21H,8-9,11-12H2,1-3H3,(H,22,24)/p+1/b23-18+/t13-,20?/m1/s1. The van der Waals surface area contributed by atoms with Crippen molar-refractivity contribution in [2.24, 2.45) is 0 Å². The van der Waals surface area contributed by atoms with E-state index >= 15 is 0 Å². The van der Waals surface area contributed by atoms with E-state index in [1.54, 1.807) is 14.2 Å². The second-order valence-corrected chi connectivity index (χ2v) is 9.49. The van der Waals surface area contributed by atoms with Crippen molar-refractivity contribution in [3.63, 3.8) is 0 Å². The first kappa shape index (κ1) is 22.0. The molecule has 1 amide bonds. The predicted molar refractivity (Wildman–Crippen MR) is 115 cm³/mol. The number of hydrogen-bond acceptors (Lipinski definition) is 7. The Bertz CT molecular complexity index is 751. The lowest BCUT2D eigenvalue weighted by molar-refractivity contribution is -0.762. The predicted octanol–water partition coefficient (Wildman–Crippen LogP) is 1.00. The lowest BCUT2D eigenvalue weighted by atomic mass is 10.1. The van der Waals surface area contributed by atoms with Gasteiger partial charge in [0.15, 0.2) is 11.6 Å². The average molecular weight is 439 g/mol. The Kier molecular flexibility index (Phi) is 8.29. The highest BCUT2D eigenvalue weighted by Gasteiger charge is 2.28. The lowest BCUT2D eigenvalue weighted by Gasteiger charge is -2.13. The summed E-state index contributed by atoms with van der Waals surface area (Å²) in [5.74, 6) is -0.255. The average Bonchev–Trinajstić information content (AvgIpc) is 3.41. The zero-order valence-electron chi connectivity index (χ0n) is 16.9. The largest absolute Gasteiger partial charge is 0.381 e. The quantitative estimate of drug-likeness (QED) is 0.351. The number of hydrogen-bond donors (Lipinski definition) is 3. The maximum absolute atomic E-state index is 13.0. The number of methoxy groups -OCH3 is 2. The second kappa shape index (κ2) is 10.9. The van der Waals surface area contributed by atoms with Gasteiger partial charge in [0, 0.05) is 35.5 Å². The topological polar surface area (TPSA) is 82.8 Å². The zero-order valence-corrected chi connectivity index (χ0v) is 18.5. The van der Waals surface area contributed by atoms with Crippen molar-refractivity contribution >= 4 is 35.1 Å². The van der Waals surface area contributed by atoms with E-state index in [9.17, 15) is 4.79 Å². The third-order valence-corrected chi connectivity index (χ3v) is 6.55. The van der Waals surface area contributed by atoms with Crippen LogP contribution in [0.1, 0.15) is 25.3 Å². The summed E-state index contributed by atoms with van der Waals surface area (Å²) in [6.07, 6.45) is 4.21. The number of amides is 1. The first-order chi connectivity index (χ1) is 14.1. The van der Waals surface area contributed by atoms with Crippen LogP contribution < -0.4 is 15.8 Å². The molecule has 2 atom stereocenters. The summed E-state index contributed by atoms with van der Waals surface area (Å²) >= 11 is 3.40. The minimum absolute atomic E-state index is 0.207. The number of carbonyl (C=O) groups is 1. The summed E-state index contributed by atoms with van der Waals surface area (Å²) in [7, 11) is 3.26. The molecule has 1 aromatic carbocycles. The fourth-order valence-corrected chi connectivity index (χ4v) is 4.59. The SMILES string of the molecule is COCC1=CNC(NC(=O)/C(=[NH+]/O[C@H](C)COC)c2ccc(SC3CC3)cc2)S1. The van der Waals surface area contributed by atoms with Crippen LogP contribution in [0, 0.1) is 0 Å². The van der Waals surface area contributed by atoms with Gasteiger partial charge < -0.3 is 20.1 Å². The molecule has 7 nitrogen and oxygen atoms in total. The van der Waals surface area contributed by atoms with Crippen LogP contribution in [-0.2, 0) is 19.1 Å². The normalized spacial score (nSPS) is 20.0. The first-order valence-electron chi connectivity index (χ1n) is 9.55. The molecule has 1 fully saturated rings. The molecule has 1 saturated carbocycles. The second-order valence-electron chi connectivity index (χ2n) is 6.88.